The van der Waals surface area contributed by atoms with E-state index in [2.05, 4.69) is 5.16 Å². The van der Waals surface area contributed by atoms with E-state index in [9.17, 15) is 0 Å². The summed E-state index contributed by atoms with van der Waals surface area (Å²) in [5.74, 6) is 1.50. The van der Waals surface area contributed by atoms with E-state index in [1.54, 1.807) is 12.3 Å². The Morgan fingerprint density at radius 1 is 1.31 bits per heavy atom. The maximum Gasteiger partial charge on any atom is 0.174 e. The topological polar surface area (TPSA) is 61.3 Å². The van der Waals surface area contributed by atoms with Crippen LogP contribution in [0.1, 0.15) is 24.3 Å². The average Bonchev–Trinajstić information content (AvgIpc) is 2.80. The molecule has 2 aromatic rings. The Labute approximate surface area is 94.0 Å². The van der Waals surface area contributed by atoms with E-state index < -0.39 is 0 Å². The number of benzene rings is 1. The minimum absolute atomic E-state index is 0.0447. The largest absolute Gasteiger partial charge is 0.486 e. The van der Waals surface area contributed by atoms with Gasteiger partial charge in [0.05, 0.1) is 6.20 Å². The summed E-state index contributed by atoms with van der Waals surface area (Å²) < 4.78 is 10.4. The number of rotatable bonds is 4. The van der Waals surface area contributed by atoms with Gasteiger partial charge in [0.1, 0.15) is 12.4 Å². The van der Waals surface area contributed by atoms with Gasteiger partial charge in [-0.25, -0.2) is 0 Å². The standard InChI is InChI=1S/C12H14N2O2/c1-9(13)10-2-4-11(5-3-10)15-8-12-6-7-14-16-12/h2-7,9H,8,13H2,1H3. The van der Waals surface area contributed by atoms with E-state index in [0.29, 0.717) is 12.4 Å². The third-order valence-corrected chi connectivity index (χ3v) is 2.28. The first-order chi connectivity index (χ1) is 7.75. The highest BCUT2D eigenvalue weighted by molar-refractivity contribution is 5.28. The van der Waals surface area contributed by atoms with Crippen LogP contribution in [0.3, 0.4) is 0 Å². The lowest BCUT2D eigenvalue weighted by Gasteiger charge is -2.07. The predicted molar refractivity (Wildman–Crippen MR) is 59.9 cm³/mol. The van der Waals surface area contributed by atoms with Gasteiger partial charge in [-0.05, 0) is 24.6 Å². The molecule has 1 unspecified atom stereocenters. The van der Waals surface area contributed by atoms with Gasteiger partial charge in [0.15, 0.2) is 5.76 Å². The SMILES string of the molecule is CC(N)c1ccc(OCc2ccno2)cc1. The van der Waals surface area contributed by atoms with Crippen LogP contribution in [-0.4, -0.2) is 5.16 Å². The fraction of sp³-hybridized carbons (Fsp3) is 0.250. The number of nitrogens with two attached hydrogens (primary N) is 1. The maximum absolute atomic E-state index is 5.75. The van der Waals surface area contributed by atoms with Gasteiger partial charge < -0.3 is 15.0 Å². The van der Waals surface area contributed by atoms with Crippen LogP contribution in [0.4, 0.5) is 0 Å². The number of hydrogen-bond donors (Lipinski definition) is 1. The molecule has 0 aliphatic carbocycles. The molecule has 2 rings (SSSR count). The number of nitrogens with zero attached hydrogens (tertiary/aromatic N) is 1. The number of ether oxygens (including phenoxy) is 1. The third-order valence-electron chi connectivity index (χ3n) is 2.28. The first-order valence-electron chi connectivity index (χ1n) is 5.13. The van der Waals surface area contributed by atoms with Gasteiger partial charge in [-0.2, -0.15) is 0 Å². The summed E-state index contributed by atoms with van der Waals surface area (Å²) in [6.07, 6.45) is 1.60. The summed E-state index contributed by atoms with van der Waals surface area (Å²) in [6.45, 7) is 2.34. The molecule has 84 valence electrons. The number of aromatic nitrogens is 1. The molecule has 16 heavy (non-hydrogen) atoms. The monoisotopic (exact) mass is 218 g/mol. The molecule has 0 saturated heterocycles. The Kier molecular flexibility index (Phi) is 3.22. The molecule has 1 aromatic carbocycles. The lowest BCUT2D eigenvalue weighted by Crippen LogP contribution is -2.04. The van der Waals surface area contributed by atoms with Crippen molar-refractivity contribution < 1.29 is 9.26 Å². The Morgan fingerprint density at radius 2 is 2.06 bits per heavy atom. The van der Waals surface area contributed by atoms with E-state index in [0.717, 1.165) is 11.3 Å². The lowest BCUT2D eigenvalue weighted by atomic mass is 10.1. The van der Waals surface area contributed by atoms with Crippen LogP contribution in [0.15, 0.2) is 41.1 Å². The average molecular weight is 218 g/mol. The van der Waals surface area contributed by atoms with Crippen molar-refractivity contribution in [1.82, 2.24) is 5.16 Å². The second kappa shape index (κ2) is 4.81. The van der Waals surface area contributed by atoms with Crippen LogP contribution >= 0.6 is 0 Å². The zero-order chi connectivity index (χ0) is 11.4. The fourth-order valence-corrected chi connectivity index (χ4v) is 1.34. The summed E-state index contributed by atoms with van der Waals surface area (Å²) in [4.78, 5) is 0. The highest BCUT2D eigenvalue weighted by Crippen LogP contribution is 2.17. The second-order valence-electron chi connectivity index (χ2n) is 3.63. The molecule has 4 nitrogen and oxygen atoms in total. The zero-order valence-corrected chi connectivity index (χ0v) is 9.09. The molecule has 0 saturated carbocycles. The molecule has 0 spiro atoms. The molecule has 0 radical (unpaired) electrons. The predicted octanol–water partition coefficient (Wildman–Crippen LogP) is 2.27. The summed E-state index contributed by atoms with van der Waals surface area (Å²) in [6, 6.07) is 9.53. The fourth-order valence-electron chi connectivity index (χ4n) is 1.34. The van der Waals surface area contributed by atoms with Crippen molar-refractivity contribution >= 4 is 0 Å². The maximum atomic E-state index is 5.75. The molecule has 0 aliphatic rings. The van der Waals surface area contributed by atoms with Crippen molar-refractivity contribution in [3.8, 4) is 5.75 Å². The quantitative estimate of drug-likeness (QED) is 0.855. The van der Waals surface area contributed by atoms with Gasteiger partial charge >= 0.3 is 0 Å². The number of hydrogen-bond acceptors (Lipinski definition) is 4. The van der Waals surface area contributed by atoms with Gasteiger partial charge in [0.2, 0.25) is 0 Å². The molecular formula is C12H14N2O2. The van der Waals surface area contributed by atoms with E-state index in [4.69, 9.17) is 15.0 Å². The van der Waals surface area contributed by atoms with Crippen LogP contribution in [0.5, 0.6) is 5.75 Å². The van der Waals surface area contributed by atoms with Crippen molar-refractivity contribution in [2.75, 3.05) is 0 Å². The van der Waals surface area contributed by atoms with Crippen LogP contribution in [0.2, 0.25) is 0 Å². The smallest absolute Gasteiger partial charge is 0.174 e. The van der Waals surface area contributed by atoms with Crippen molar-refractivity contribution in [2.24, 2.45) is 5.73 Å². The Hall–Kier alpha value is -1.81. The van der Waals surface area contributed by atoms with E-state index in [-0.39, 0.29) is 6.04 Å². The van der Waals surface area contributed by atoms with Crippen LogP contribution in [-0.2, 0) is 6.61 Å². The van der Waals surface area contributed by atoms with Crippen molar-refractivity contribution in [3.63, 3.8) is 0 Å². The normalized spacial score (nSPS) is 12.4. The second-order valence-corrected chi connectivity index (χ2v) is 3.63. The van der Waals surface area contributed by atoms with Gasteiger partial charge in [0, 0.05) is 12.1 Å². The molecule has 0 aliphatic heterocycles. The summed E-state index contributed by atoms with van der Waals surface area (Å²) in [5.41, 5.74) is 6.84. The van der Waals surface area contributed by atoms with Gasteiger partial charge in [-0.3, -0.25) is 0 Å². The lowest BCUT2D eigenvalue weighted by molar-refractivity contribution is 0.249. The van der Waals surface area contributed by atoms with Gasteiger partial charge in [-0.15, -0.1) is 0 Å². The van der Waals surface area contributed by atoms with Crippen molar-refractivity contribution in [1.29, 1.82) is 0 Å². The van der Waals surface area contributed by atoms with E-state index >= 15 is 0 Å². The molecule has 2 N–H and O–H groups in total. The van der Waals surface area contributed by atoms with Crippen molar-refractivity contribution in [2.45, 2.75) is 19.6 Å². The molecular weight excluding hydrogens is 204 g/mol. The van der Waals surface area contributed by atoms with Gasteiger partial charge in [-0.1, -0.05) is 17.3 Å². The highest BCUT2D eigenvalue weighted by Gasteiger charge is 2.01. The Bertz CT molecular complexity index is 421. The molecule has 1 heterocycles. The summed E-state index contributed by atoms with van der Waals surface area (Å²) in [5, 5.41) is 3.60. The van der Waals surface area contributed by atoms with E-state index in [1.807, 2.05) is 31.2 Å². The van der Waals surface area contributed by atoms with Crippen molar-refractivity contribution in [3.05, 3.63) is 47.9 Å². The summed E-state index contributed by atoms with van der Waals surface area (Å²) >= 11 is 0. The first kappa shape index (κ1) is 10.7. The van der Waals surface area contributed by atoms with E-state index in [1.165, 1.54) is 0 Å². The minimum Gasteiger partial charge on any atom is -0.486 e. The molecule has 0 fully saturated rings. The zero-order valence-electron chi connectivity index (χ0n) is 9.09. The molecule has 4 heteroatoms. The minimum atomic E-state index is 0.0447. The first-order valence-corrected chi connectivity index (χ1v) is 5.13. The van der Waals surface area contributed by atoms with Gasteiger partial charge in [0.25, 0.3) is 0 Å². The molecule has 1 aromatic heterocycles. The Morgan fingerprint density at radius 3 is 2.62 bits per heavy atom. The van der Waals surface area contributed by atoms with Crippen LogP contribution in [0, 0.1) is 0 Å². The Balaban J connectivity index is 1.95. The highest BCUT2D eigenvalue weighted by atomic mass is 16.5. The van der Waals surface area contributed by atoms with Crippen LogP contribution in [0.25, 0.3) is 0 Å². The third kappa shape index (κ3) is 2.61. The molecule has 0 bridgehead atoms. The molecule has 0 amide bonds. The molecule has 1 atom stereocenters. The summed E-state index contributed by atoms with van der Waals surface area (Å²) in [7, 11) is 0. The van der Waals surface area contributed by atoms with Crippen LogP contribution < -0.4 is 10.5 Å².